The standard InChI is InChI=1S/C15H22N2O.ClH/c1-11-3-5-14(6-4-11)15(18)17-9-7-13(8-10-17)12(2)16;/h3-6,12-13H,7-10,16H2,1-2H3;1H. The van der Waals surface area contributed by atoms with E-state index in [1.54, 1.807) is 0 Å². The minimum Gasteiger partial charge on any atom is -0.339 e. The van der Waals surface area contributed by atoms with Gasteiger partial charge in [0, 0.05) is 24.7 Å². The Morgan fingerprint density at radius 3 is 2.26 bits per heavy atom. The van der Waals surface area contributed by atoms with Crippen LogP contribution in [0, 0.1) is 12.8 Å². The first-order chi connectivity index (χ1) is 8.58. The Labute approximate surface area is 121 Å². The highest BCUT2D eigenvalue weighted by Gasteiger charge is 2.25. The fourth-order valence-corrected chi connectivity index (χ4v) is 2.51. The number of hydrogen-bond donors (Lipinski definition) is 1. The molecule has 0 radical (unpaired) electrons. The number of benzene rings is 1. The summed E-state index contributed by atoms with van der Waals surface area (Å²) < 4.78 is 0. The number of aryl methyl sites for hydroxylation is 1. The molecule has 1 aromatic carbocycles. The molecule has 4 heteroatoms. The maximum absolute atomic E-state index is 12.3. The van der Waals surface area contributed by atoms with Gasteiger partial charge in [0.25, 0.3) is 5.91 Å². The molecule has 1 unspecified atom stereocenters. The van der Waals surface area contributed by atoms with Crippen molar-refractivity contribution >= 4 is 18.3 Å². The van der Waals surface area contributed by atoms with E-state index in [2.05, 4.69) is 6.92 Å². The maximum atomic E-state index is 12.3. The maximum Gasteiger partial charge on any atom is 0.253 e. The largest absolute Gasteiger partial charge is 0.339 e. The molecule has 2 rings (SSSR count). The van der Waals surface area contributed by atoms with Crippen LogP contribution in [-0.2, 0) is 0 Å². The predicted octanol–water partition coefficient (Wildman–Crippen LogP) is 2.62. The lowest BCUT2D eigenvalue weighted by molar-refractivity contribution is 0.0681. The van der Waals surface area contributed by atoms with Crippen LogP contribution in [0.1, 0.15) is 35.7 Å². The van der Waals surface area contributed by atoms with Gasteiger partial charge in [0.2, 0.25) is 0 Å². The normalized spacial score (nSPS) is 17.7. The summed E-state index contributed by atoms with van der Waals surface area (Å²) in [5.41, 5.74) is 7.89. The minimum atomic E-state index is 0. The lowest BCUT2D eigenvalue weighted by atomic mass is 9.90. The number of halogens is 1. The monoisotopic (exact) mass is 282 g/mol. The molecule has 1 atom stereocenters. The molecule has 0 spiro atoms. The molecule has 0 saturated carbocycles. The summed E-state index contributed by atoms with van der Waals surface area (Å²) in [7, 11) is 0. The third-order valence-electron chi connectivity index (χ3n) is 3.87. The number of amides is 1. The van der Waals surface area contributed by atoms with Crippen molar-refractivity contribution in [3.8, 4) is 0 Å². The van der Waals surface area contributed by atoms with Gasteiger partial charge in [-0.3, -0.25) is 4.79 Å². The van der Waals surface area contributed by atoms with Crippen LogP contribution in [-0.4, -0.2) is 29.9 Å². The first-order valence-electron chi connectivity index (χ1n) is 6.69. The topological polar surface area (TPSA) is 46.3 Å². The van der Waals surface area contributed by atoms with Crippen molar-refractivity contribution in [3.05, 3.63) is 35.4 Å². The number of likely N-dealkylation sites (tertiary alicyclic amines) is 1. The van der Waals surface area contributed by atoms with E-state index in [1.807, 2.05) is 36.1 Å². The van der Waals surface area contributed by atoms with Gasteiger partial charge in [0.15, 0.2) is 0 Å². The number of piperidine rings is 1. The first kappa shape index (κ1) is 16.0. The Balaban J connectivity index is 0.00000180. The van der Waals surface area contributed by atoms with Crippen molar-refractivity contribution in [1.29, 1.82) is 0 Å². The highest BCUT2D eigenvalue weighted by Crippen LogP contribution is 2.21. The minimum absolute atomic E-state index is 0. The zero-order valence-electron chi connectivity index (χ0n) is 11.6. The molecule has 1 aliphatic heterocycles. The van der Waals surface area contributed by atoms with Crippen molar-refractivity contribution in [3.63, 3.8) is 0 Å². The molecule has 1 fully saturated rings. The van der Waals surface area contributed by atoms with E-state index in [1.165, 1.54) is 5.56 Å². The lowest BCUT2D eigenvalue weighted by Gasteiger charge is -2.33. The van der Waals surface area contributed by atoms with Crippen LogP contribution in [0.2, 0.25) is 0 Å². The van der Waals surface area contributed by atoms with Gasteiger partial charge in [-0.05, 0) is 44.7 Å². The van der Waals surface area contributed by atoms with Crippen molar-refractivity contribution in [2.75, 3.05) is 13.1 Å². The average molecular weight is 283 g/mol. The van der Waals surface area contributed by atoms with Gasteiger partial charge in [-0.1, -0.05) is 17.7 Å². The van der Waals surface area contributed by atoms with Gasteiger partial charge < -0.3 is 10.6 Å². The van der Waals surface area contributed by atoms with E-state index in [4.69, 9.17) is 5.73 Å². The SMILES string of the molecule is Cc1ccc(C(=O)N2CCC(C(C)N)CC2)cc1.Cl. The molecule has 2 N–H and O–H groups in total. The third kappa shape index (κ3) is 3.95. The van der Waals surface area contributed by atoms with Gasteiger partial charge in [0.1, 0.15) is 0 Å². The van der Waals surface area contributed by atoms with Crippen molar-refractivity contribution in [1.82, 2.24) is 4.90 Å². The van der Waals surface area contributed by atoms with Crippen LogP contribution in [0.25, 0.3) is 0 Å². The molecule has 0 aromatic heterocycles. The fraction of sp³-hybridized carbons (Fsp3) is 0.533. The lowest BCUT2D eigenvalue weighted by Crippen LogP contribution is -2.42. The Hall–Kier alpha value is -1.06. The van der Waals surface area contributed by atoms with Crippen LogP contribution < -0.4 is 5.73 Å². The Kier molecular flexibility index (Phi) is 5.83. The zero-order chi connectivity index (χ0) is 13.1. The fourth-order valence-electron chi connectivity index (χ4n) is 2.51. The second kappa shape index (κ2) is 6.92. The van der Waals surface area contributed by atoms with Gasteiger partial charge in [0.05, 0.1) is 0 Å². The molecular weight excluding hydrogens is 260 g/mol. The summed E-state index contributed by atoms with van der Waals surface area (Å²) in [6, 6.07) is 8.04. The van der Waals surface area contributed by atoms with Crippen LogP contribution in [0.15, 0.2) is 24.3 Å². The second-order valence-electron chi connectivity index (χ2n) is 5.35. The highest BCUT2D eigenvalue weighted by atomic mass is 35.5. The van der Waals surface area contributed by atoms with Gasteiger partial charge in [-0.25, -0.2) is 0 Å². The summed E-state index contributed by atoms with van der Waals surface area (Å²) in [4.78, 5) is 14.2. The highest BCUT2D eigenvalue weighted by molar-refractivity contribution is 5.94. The Morgan fingerprint density at radius 1 is 1.26 bits per heavy atom. The molecule has 1 aromatic rings. The zero-order valence-corrected chi connectivity index (χ0v) is 12.5. The molecule has 0 aliphatic carbocycles. The molecule has 19 heavy (non-hydrogen) atoms. The van der Waals surface area contributed by atoms with E-state index in [9.17, 15) is 4.79 Å². The molecular formula is C15H23ClN2O. The number of carbonyl (C=O) groups excluding carboxylic acids is 1. The van der Waals surface area contributed by atoms with Gasteiger partial charge in [-0.15, -0.1) is 12.4 Å². The molecule has 1 amide bonds. The summed E-state index contributed by atoms with van der Waals surface area (Å²) in [5.74, 6) is 0.713. The van der Waals surface area contributed by atoms with Crippen molar-refractivity contribution < 1.29 is 4.79 Å². The number of carbonyl (C=O) groups is 1. The Bertz CT molecular complexity index is 409. The van der Waals surface area contributed by atoms with E-state index < -0.39 is 0 Å². The summed E-state index contributed by atoms with van der Waals surface area (Å²) in [6.45, 7) is 5.75. The smallest absolute Gasteiger partial charge is 0.253 e. The van der Waals surface area contributed by atoms with E-state index >= 15 is 0 Å². The number of rotatable bonds is 2. The van der Waals surface area contributed by atoms with Gasteiger partial charge in [-0.2, -0.15) is 0 Å². The van der Waals surface area contributed by atoms with Gasteiger partial charge >= 0.3 is 0 Å². The summed E-state index contributed by atoms with van der Waals surface area (Å²) in [5, 5.41) is 0. The molecule has 1 heterocycles. The quantitative estimate of drug-likeness (QED) is 0.906. The van der Waals surface area contributed by atoms with E-state index in [0.29, 0.717) is 5.92 Å². The molecule has 3 nitrogen and oxygen atoms in total. The molecule has 1 aliphatic rings. The summed E-state index contributed by atoms with van der Waals surface area (Å²) >= 11 is 0. The molecule has 106 valence electrons. The third-order valence-corrected chi connectivity index (χ3v) is 3.87. The number of hydrogen-bond acceptors (Lipinski definition) is 2. The Morgan fingerprint density at radius 2 is 1.79 bits per heavy atom. The summed E-state index contributed by atoms with van der Waals surface area (Å²) in [6.07, 6.45) is 2.05. The predicted molar refractivity (Wildman–Crippen MR) is 80.7 cm³/mol. The molecule has 1 saturated heterocycles. The van der Waals surface area contributed by atoms with E-state index in [-0.39, 0.29) is 24.4 Å². The second-order valence-corrected chi connectivity index (χ2v) is 5.35. The first-order valence-corrected chi connectivity index (χ1v) is 6.69. The average Bonchev–Trinajstić information content (AvgIpc) is 2.39. The van der Waals surface area contributed by atoms with Crippen molar-refractivity contribution in [2.24, 2.45) is 11.7 Å². The molecule has 0 bridgehead atoms. The van der Waals surface area contributed by atoms with E-state index in [0.717, 1.165) is 31.5 Å². The van der Waals surface area contributed by atoms with Crippen LogP contribution >= 0.6 is 12.4 Å². The van der Waals surface area contributed by atoms with Crippen LogP contribution in [0.4, 0.5) is 0 Å². The number of nitrogens with zero attached hydrogens (tertiary/aromatic N) is 1. The van der Waals surface area contributed by atoms with Crippen LogP contribution in [0.3, 0.4) is 0 Å². The van der Waals surface area contributed by atoms with Crippen LogP contribution in [0.5, 0.6) is 0 Å². The number of nitrogens with two attached hydrogens (primary N) is 1. The van der Waals surface area contributed by atoms with Crippen molar-refractivity contribution in [2.45, 2.75) is 32.7 Å².